The van der Waals surface area contributed by atoms with Crippen LogP contribution in [0.15, 0.2) is 38.9 Å². The molecule has 1 amide bonds. The normalized spacial score (nSPS) is 11.9. The molecule has 110 valence electrons. The van der Waals surface area contributed by atoms with Crippen LogP contribution in [0.1, 0.15) is 6.92 Å². The van der Waals surface area contributed by atoms with Crippen molar-refractivity contribution in [2.24, 2.45) is 0 Å². The van der Waals surface area contributed by atoms with E-state index in [2.05, 4.69) is 15.5 Å². The van der Waals surface area contributed by atoms with Crippen molar-refractivity contribution in [3.05, 3.63) is 45.1 Å². The zero-order valence-corrected chi connectivity index (χ0v) is 11.7. The molecule has 0 saturated carbocycles. The van der Waals surface area contributed by atoms with Crippen molar-refractivity contribution in [2.75, 3.05) is 5.32 Å². The van der Waals surface area contributed by atoms with Gasteiger partial charge in [-0.3, -0.25) is 14.6 Å². The molecule has 0 aliphatic heterocycles. The lowest BCUT2D eigenvalue weighted by Crippen LogP contribution is -2.28. The van der Waals surface area contributed by atoms with E-state index in [9.17, 15) is 14.4 Å². The number of hydrogen-bond acceptors (Lipinski definition) is 6. The fourth-order valence-electron chi connectivity index (χ4n) is 1.43. The second kappa shape index (κ2) is 6.27. The quantitative estimate of drug-likeness (QED) is 0.474. The Morgan fingerprint density at radius 1 is 1.33 bits per heavy atom. The lowest BCUT2D eigenvalue weighted by molar-refractivity contribution is -0.115. The third kappa shape index (κ3) is 3.96. The molecule has 8 nitrogen and oxygen atoms in total. The van der Waals surface area contributed by atoms with Crippen molar-refractivity contribution in [2.45, 2.75) is 17.2 Å². The summed E-state index contributed by atoms with van der Waals surface area (Å²) in [6.07, 6.45) is 0. The SMILES string of the molecule is CC(Sc1n[nH]c(=O)[nH]c1=O)C(=O)Nc1ccc(O)cc1. The smallest absolute Gasteiger partial charge is 0.342 e. The molecule has 0 spiro atoms. The van der Waals surface area contributed by atoms with E-state index < -0.39 is 16.5 Å². The molecule has 1 heterocycles. The number of anilines is 1. The molecule has 0 radical (unpaired) electrons. The molecule has 0 aliphatic rings. The van der Waals surface area contributed by atoms with Gasteiger partial charge in [-0.25, -0.2) is 9.89 Å². The van der Waals surface area contributed by atoms with E-state index >= 15 is 0 Å². The third-order valence-electron chi connectivity index (χ3n) is 2.47. The Morgan fingerprint density at radius 3 is 2.62 bits per heavy atom. The van der Waals surface area contributed by atoms with E-state index in [1.807, 2.05) is 4.98 Å². The summed E-state index contributed by atoms with van der Waals surface area (Å²) in [6, 6.07) is 5.99. The zero-order chi connectivity index (χ0) is 15.4. The van der Waals surface area contributed by atoms with E-state index in [4.69, 9.17) is 5.11 Å². The Hall–Kier alpha value is -2.55. The Balaban J connectivity index is 2.04. The number of rotatable bonds is 4. The minimum atomic E-state index is -0.703. The Bertz CT molecular complexity index is 753. The van der Waals surface area contributed by atoms with Gasteiger partial charge in [0.2, 0.25) is 5.91 Å². The molecule has 1 atom stereocenters. The summed E-state index contributed by atoms with van der Waals surface area (Å²) < 4.78 is 0. The Morgan fingerprint density at radius 2 is 2.00 bits per heavy atom. The van der Waals surface area contributed by atoms with E-state index in [-0.39, 0.29) is 16.7 Å². The fraction of sp³-hybridized carbons (Fsp3) is 0.167. The fourth-order valence-corrected chi connectivity index (χ4v) is 2.18. The molecular formula is C12H12N4O4S. The highest BCUT2D eigenvalue weighted by Crippen LogP contribution is 2.19. The maximum atomic E-state index is 12.0. The summed E-state index contributed by atoms with van der Waals surface area (Å²) in [5, 5.41) is 16.9. The molecular weight excluding hydrogens is 296 g/mol. The average Bonchev–Trinajstić information content (AvgIpc) is 2.44. The van der Waals surface area contributed by atoms with Crippen molar-refractivity contribution in [3.63, 3.8) is 0 Å². The van der Waals surface area contributed by atoms with E-state index in [0.29, 0.717) is 5.69 Å². The van der Waals surface area contributed by atoms with Crippen LogP contribution in [0.5, 0.6) is 5.75 Å². The molecule has 2 aromatic rings. The average molecular weight is 308 g/mol. The third-order valence-corrected chi connectivity index (χ3v) is 3.54. The highest BCUT2D eigenvalue weighted by Gasteiger charge is 2.17. The number of aromatic hydroxyl groups is 1. The molecule has 0 fully saturated rings. The number of nitrogens with zero attached hydrogens (tertiary/aromatic N) is 1. The number of phenolic OH excluding ortho intramolecular Hbond substituents is 1. The summed E-state index contributed by atoms with van der Waals surface area (Å²) in [5.41, 5.74) is -0.827. The Kier molecular flexibility index (Phi) is 4.43. The first-order valence-electron chi connectivity index (χ1n) is 5.91. The number of aromatic nitrogens is 3. The number of phenols is 1. The van der Waals surface area contributed by atoms with E-state index in [1.165, 1.54) is 12.1 Å². The van der Waals surface area contributed by atoms with Crippen LogP contribution < -0.4 is 16.6 Å². The van der Waals surface area contributed by atoms with E-state index in [0.717, 1.165) is 11.8 Å². The number of carbonyl (C=O) groups is 1. The van der Waals surface area contributed by atoms with Gasteiger partial charge in [0, 0.05) is 5.69 Å². The maximum Gasteiger partial charge on any atom is 0.342 e. The maximum absolute atomic E-state index is 12.0. The number of H-pyrrole nitrogens is 2. The van der Waals surface area contributed by atoms with Crippen LogP contribution in [0, 0.1) is 0 Å². The van der Waals surface area contributed by atoms with Gasteiger partial charge in [0.05, 0.1) is 5.25 Å². The minimum absolute atomic E-state index is 0.00274. The van der Waals surface area contributed by atoms with Gasteiger partial charge < -0.3 is 10.4 Å². The molecule has 0 bridgehead atoms. The predicted octanol–water partition coefficient (Wildman–Crippen LogP) is 0.283. The molecule has 2 rings (SSSR count). The highest BCUT2D eigenvalue weighted by molar-refractivity contribution is 8.00. The largest absolute Gasteiger partial charge is 0.508 e. The highest BCUT2D eigenvalue weighted by atomic mass is 32.2. The monoisotopic (exact) mass is 308 g/mol. The molecule has 1 aromatic heterocycles. The lowest BCUT2D eigenvalue weighted by atomic mass is 10.3. The number of nitrogens with one attached hydrogen (secondary N) is 3. The topological polar surface area (TPSA) is 128 Å². The van der Waals surface area contributed by atoms with Crippen LogP contribution in [-0.2, 0) is 4.79 Å². The molecule has 0 saturated heterocycles. The summed E-state index contributed by atoms with van der Waals surface area (Å²) in [7, 11) is 0. The van der Waals surface area contributed by atoms with Crippen molar-refractivity contribution in [1.29, 1.82) is 0 Å². The van der Waals surface area contributed by atoms with Crippen molar-refractivity contribution < 1.29 is 9.90 Å². The van der Waals surface area contributed by atoms with Gasteiger partial charge in [-0.05, 0) is 31.2 Å². The second-order valence-corrected chi connectivity index (χ2v) is 5.44. The first kappa shape index (κ1) is 14.9. The molecule has 0 aliphatic carbocycles. The zero-order valence-electron chi connectivity index (χ0n) is 10.9. The number of hydrogen-bond donors (Lipinski definition) is 4. The summed E-state index contributed by atoms with van der Waals surface area (Å²) in [5.74, 6) is -0.238. The van der Waals surface area contributed by atoms with Gasteiger partial charge in [0.25, 0.3) is 5.56 Å². The van der Waals surface area contributed by atoms with E-state index in [1.54, 1.807) is 19.1 Å². The summed E-state index contributed by atoms with van der Waals surface area (Å²) in [4.78, 5) is 36.3. The first-order valence-corrected chi connectivity index (χ1v) is 6.79. The Labute approximate surface area is 122 Å². The lowest BCUT2D eigenvalue weighted by Gasteiger charge is -2.10. The molecule has 1 unspecified atom stereocenters. The minimum Gasteiger partial charge on any atom is -0.508 e. The van der Waals surface area contributed by atoms with Crippen LogP contribution >= 0.6 is 11.8 Å². The van der Waals surface area contributed by atoms with Crippen molar-refractivity contribution in [1.82, 2.24) is 15.2 Å². The molecule has 21 heavy (non-hydrogen) atoms. The van der Waals surface area contributed by atoms with Crippen LogP contribution in [0.2, 0.25) is 0 Å². The standard InChI is InChI=1S/C12H12N4O4S/c1-6(21-11-10(19)14-12(20)16-15-11)9(18)13-7-2-4-8(17)5-3-7/h2-6,17H,1H3,(H,13,18)(H2,14,16,19,20). The second-order valence-electron chi connectivity index (χ2n) is 4.11. The molecule has 9 heteroatoms. The van der Waals surface area contributed by atoms with Crippen molar-refractivity contribution >= 4 is 23.4 Å². The number of benzene rings is 1. The number of thioether (sulfide) groups is 1. The van der Waals surface area contributed by atoms with Crippen LogP contribution in [0.3, 0.4) is 0 Å². The van der Waals surface area contributed by atoms with Gasteiger partial charge >= 0.3 is 5.69 Å². The van der Waals surface area contributed by atoms with Gasteiger partial charge in [-0.2, -0.15) is 5.10 Å². The summed E-state index contributed by atoms with van der Waals surface area (Å²) in [6.45, 7) is 1.60. The van der Waals surface area contributed by atoms with Crippen LogP contribution in [-0.4, -0.2) is 31.4 Å². The van der Waals surface area contributed by atoms with Crippen LogP contribution in [0.4, 0.5) is 5.69 Å². The number of aromatic amines is 2. The number of carbonyl (C=O) groups excluding carboxylic acids is 1. The van der Waals surface area contributed by atoms with Crippen LogP contribution in [0.25, 0.3) is 0 Å². The van der Waals surface area contributed by atoms with Gasteiger partial charge in [0.1, 0.15) is 5.75 Å². The van der Waals surface area contributed by atoms with Crippen molar-refractivity contribution in [3.8, 4) is 5.75 Å². The number of amides is 1. The first-order chi connectivity index (χ1) is 9.95. The van der Waals surface area contributed by atoms with Gasteiger partial charge in [-0.1, -0.05) is 11.8 Å². The molecule has 1 aromatic carbocycles. The molecule has 4 N–H and O–H groups in total. The van der Waals surface area contributed by atoms with Gasteiger partial charge in [0.15, 0.2) is 5.03 Å². The summed E-state index contributed by atoms with van der Waals surface area (Å²) >= 11 is 0.923. The van der Waals surface area contributed by atoms with Gasteiger partial charge in [-0.15, -0.1) is 0 Å². The predicted molar refractivity (Wildman–Crippen MR) is 77.5 cm³/mol.